The van der Waals surface area contributed by atoms with Crippen LogP contribution < -0.4 is 10.6 Å². The number of likely N-dealkylation sites (tertiary alicyclic amines) is 1. The van der Waals surface area contributed by atoms with Gasteiger partial charge in [-0.25, -0.2) is 4.98 Å². The van der Waals surface area contributed by atoms with Crippen LogP contribution in [0.4, 0.5) is 0 Å². The van der Waals surface area contributed by atoms with Crippen LogP contribution in [-0.2, 0) is 13.0 Å². The molecule has 7 heteroatoms. The van der Waals surface area contributed by atoms with Gasteiger partial charge < -0.3 is 15.1 Å². The number of piperidine rings is 1. The van der Waals surface area contributed by atoms with Crippen molar-refractivity contribution in [2.75, 3.05) is 33.2 Å². The number of hydrogen-bond donors (Lipinski definition) is 2. The molecule has 1 unspecified atom stereocenters. The Morgan fingerprint density at radius 2 is 2.14 bits per heavy atom. The minimum Gasteiger partial charge on any atom is -0.444 e. The Morgan fingerprint density at radius 3 is 2.76 bits per heavy atom. The number of nitrogens with zero attached hydrogens (tertiary/aromatic N) is 3. The lowest BCUT2D eigenvalue weighted by Crippen LogP contribution is -2.43. The van der Waals surface area contributed by atoms with Gasteiger partial charge in [0.25, 0.3) is 0 Å². The van der Waals surface area contributed by atoms with Crippen molar-refractivity contribution in [3.05, 3.63) is 39.7 Å². The van der Waals surface area contributed by atoms with Crippen molar-refractivity contribution in [3.8, 4) is 0 Å². The Labute approximate surface area is 178 Å². The third kappa shape index (κ3) is 6.85. The first-order valence-corrected chi connectivity index (χ1v) is 11.5. The molecule has 1 aliphatic heterocycles. The molecule has 0 aromatic carbocycles. The highest BCUT2D eigenvalue weighted by Crippen LogP contribution is 2.19. The van der Waals surface area contributed by atoms with Gasteiger partial charge in [-0.1, -0.05) is 13.0 Å². The molecular weight excluding hydrogens is 382 g/mol. The van der Waals surface area contributed by atoms with E-state index in [1.807, 2.05) is 32.2 Å². The third-order valence-corrected chi connectivity index (χ3v) is 6.57. The van der Waals surface area contributed by atoms with Gasteiger partial charge in [0.05, 0.1) is 12.2 Å². The van der Waals surface area contributed by atoms with Crippen molar-refractivity contribution >= 4 is 17.3 Å². The molecule has 1 atom stereocenters. The number of nitrogens with one attached hydrogen (secondary N) is 2. The lowest BCUT2D eigenvalue weighted by Gasteiger charge is -2.31. The Bertz CT molecular complexity index is 743. The molecule has 0 amide bonds. The number of oxazole rings is 1. The van der Waals surface area contributed by atoms with Gasteiger partial charge in [0.15, 0.2) is 5.96 Å². The lowest BCUT2D eigenvalue weighted by atomic mass is 9.97. The minimum absolute atomic E-state index is 0.581. The van der Waals surface area contributed by atoms with E-state index in [9.17, 15) is 0 Å². The molecule has 160 valence electrons. The molecule has 0 radical (unpaired) electrons. The highest BCUT2D eigenvalue weighted by molar-refractivity contribution is 7.09. The maximum Gasteiger partial charge on any atom is 0.208 e. The zero-order valence-corrected chi connectivity index (χ0v) is 19.0. The van der Waals surface area contributed by atoms with Crippen LogP contribution >= 0.6 is 11.3 Å². The summed E-state index contributed by atoms with van der Waals surface area (Å²) >= 11 is 1.84. The van der Waals surface area contributed by atoms with Gasteiger partial charge in [-0.2, -0.15) is 0 Å². The summed E-state index contributed by atoms with van der Waals surface area (Å²) in [6.07, 6.45) is 3.50. The molecule has 0 bridgehead atoms. The standard InChI is InChI=1S/C22H35N5OS/c1-16(12-20-6-5-11-29-20)13-24-22(23-4)25-14-19-7-9-27(10-8-19)15-21-26-17(2)18(3)28-21/h5-6,11,16,19H,7-10,12-15H2,1-4H3,(H2,23,24,25). The van der Waals surface area contributed by atoms with Crippen LogP contribution in [0.25, 0.3) is 0 Å². The normalized spacial score (nSPS) is 17.4. The Morgan fingerprint density at radius 1 is 1.34 bits per heavy atom. The van der Waals surface area contributed by atoms with Crippen LogP contribution in [0.5, 0.6) is 0 Å². The molecule has 0 aliphatic carbocycles. The topological polar surface area (TPSA) is 65.7 Å². The average molecular weight is 418 g/mol. The molecule has 3 heterocycles. The zero-order valence-electron chi connectivity index (χ0n) is 18.2. The maximum absolute atomic E-state index is 5.73. The molecule has 29 heavy (non-hydrogen) atoms. The Balaban J connectivity index is 1.33. The number of aliphatic imine (C=N–C) groups is 1. The number of hydrogen-bond acceptors (Lipinski definition) is 5. The van der Waals surface area contributed by atoms with Crippen molar-refractivity contribution < 1.29 is 4.42 Å². The molecule has 1 saturated heterocycles. The Kier molecular flexibility index (Phi) is 8.12. The van der Waals surface area contributed by atoms with Crippen molar-refractivity contribution in [2.24, 2.45) is 16.8 Å². The third-order valence-electron chi connectivity index (χ3n) is 5.67. The highest BCUT2D eigenvalue weighted by atomic mass is 32.1. The van der Waals surface area contributed by atoms with Crippen LogP contribution in [0.3, 0.4) is 0 Å². The summed E-state index contributed by atoms with van der Waals surface area (Å²) in [4.78, 5) is 12.8. The molecule has 6 nitrogen and oxygen atoms in total. The van der Waals surface area contributed by atoms with Crippen molar-refractivity contribution in [3.63, 3.8) is 0 Å². The van der Waals surface area contributed by atoms with E-state index >= 15 is 0 Å². The molecular formula is C22H35N5OS. The predicted molar refractivity (Wildman–Crippen MR) is 121 cm³/mol. The van der Waals surface area contributed by atoms with E-state index < -0.39 is 0 Å². The largest absolute Gasteiger partial charge is 0.444 e. The lowest BCUT2D eigenvalue weighted by molar-refractivity contribution is 0.164. The highest BCUT2D eigenvalue weighted by Gasteiger charge is 2.21. The van der Waals surface area contributed by atoms with E-state index in [0.717, 1.165) is 62.4 Å². The quantitative estimate of drug-likeness (QED) is 0.507. The summed E-state index contributed by atoms with van der Waals surface area (Å²) in [6, 6.07) is 4.34. The summed E-state index contributed by atoms with van der Waals surface area (Å²) < 4.78 is 5.73. The predicted octanol–water partition coefficient (Wildman–Crippen LogP) is 3.61. The van der Waals surface area contributed by atoms with Crippen LogP contribution in [0.15, 0.2) is 26.9 Å². The molecule has 2 N–H and O–H groups in total. The number of aryl methyl sites for hydroxylation is 2. The van der Waals surface area contributed by atoms with Crippen LogP contribution in [-0.4, -0.2) is 49.1 Å². The van der Waals surface area contributed by atoms with Crippen LogP contribution in [0.1, 0.15) is 42.0 Å². The molecule has 0 spiro atoms. The number of aromatic nitrogens is 1. The SMILES string of the molecule is CN=C(NCC(C)Cc1cccs1)NCC1CCN(Cc2nc(C)c(C)o2)CC1. The van der Waals surface area contributed by atoms with E-state index in [2.05, 4.69) is 49.9 Å². The average Bonchev–Trinajstić information content (AvgIpc) is 3.32. The van der Waals surface area contributed by atoms with E-state index in [0.29, 0.717) is 11.8 Å². The molecule has 2 aromatic rings. The van der Waals surface area contributed by atoms with Crippen molar-refractivity contribution in [1.82, 2.24) is 20.5 Å². The summed E-state index contributed by atoms with van der Waals surface area (Å²) in [7, 11) is 1.85. The van der Waals surface area contributed by atoms with Gasteiger partial charge in [-0.05, 0) is 69.5 Å². The molecule has 3 rings (SSSR count). The summed E-state index contributed by atoms with van der Waals surface area (Å²) in [5, 5.41) is 9.15. The second-order valence-electron chi connectivity index (χ2n) is 8.19. The van der Waals surface area contributed by atoms with Gasteiger partial charge in [0.1, 0.15) is 5.76 Å². The van der Waals surface area contributed by atoms with E-state index in [1.165, 1.54) is 17.7 Å². The van der Waals surface area contributed by atoms with Crippen LogP contribution in [0, 0.1) is 25.7 Å². The molecule has 1 aliphatic rings. The number of guanidine groups is 1. The van der Waals surface area contributed by atoms with Gasteiger partial charge in [0, 0.05) is 25.0 Å². The monoisotopic (exact) mass is 417 g/mol. The first kappa shape index (κ1) is 21.8. The van der Waals surface area contributed by atoms with Crippen molar-refractivity contribution in [1.29, 1.82) is 0 Å². The first-order valence-electron chi connectivity index (χ1n) is 10.7. The van der Waals surface area contributed by atoms with Crippen LogP contribution in [0.2, 0.25) is 0 Å². The fourth-order valence-electron chi connectivity index (χ4n) is 3.72. The first-order chi connectivity index (χ1) is 14.0. The van der Waals surface area contributed by atoms with E-state index in [-0.39, 0.29) is 0 Å². The molecule has 2 aromatic heterocycles. The summed E-state index contributed by atoms with van der Waals surface area (Å²) in [5.41, 5.74) is 1.00. The zero-order chi connectivity index (χ0) is 20.6. The minimum atomic E-state index is 0.581. The van der Waals surface area contributed by atoms with Gasteiger partial charge in [-0.3, -0.25) is 9.89 Å². The number of rotatable bonds is 8. The second-order valence-corrected chi connectivity index (χ2v) is 9.22. The smallest absolute Gasteiger partial charge is 0.208 e. The fraction of sp³-hybridized carbons (Fsp3) is 0.636. The Hall–Kier alpha value is -1.86. The summed E-state index contributed by atoms with van der Waals surface area (Å²) in [5.74, 6) is 3.95. The van der Waals surface area contributed by atoms with Crippen molar-refractivity contribution in [2.45, 2.75) is 46.6 Å². The van der Waals surface area contributed by atoms with E-state index in [1.54, 1.807) is 0 Å². The van der Waals surface area contributed by atoms with Gasteiger partial charge >= 0.3 is 0 Å². The fourth-order valence-corrected chi connectivity index (χ4v) is 4.59. The molecule has 1 fully saturated rings. The maximum atomic E-state index is 5.73. The van der Waals surface area contributed by atoms with Gasteiger partial charge in [0.2, 0.25) is 5.89 Å². The number of thiophene rings is 1. The molecule has 0 saturated carbocycles. The summed E-state index contributed by atoms with van der Waals surface area (Å²) in [6.45, 7) is 11.2. The van der Waals surface area contributed by atoms with Gasteiger partial charge in [-0.15, -0.1) is 11.3 Å². The van der Waals surface area contributed by atoms with E-state index in [4.69, 9.17) is 4.42 Å². The second kappa shape index (κ2) is 10.8.